The highest BCUT2D eigenvalue weighted by Gasteiger charge is 2.30. The Balaban J connectivity index is 2.27. The van der Waals surface area contributed by atoms with Crippen molar-refractivity contribution >= 4 is 11.8 Å². The molecule has 2 amide bonds. The Morgan fingerprint density at radius 1 is 0.941 bits per heavy atom. The largest absolute Gasteiger partial charge is 0.497 e. The number of carbonyl (C=O) groups excluding carboxylic acids is 2. The summed E-state index contributed by atoms with van der Waals surface area (Å²) in [5.74, 6) is 1.73. The van der Waals surface area contributed by atoms with Crippen molar-refractivity contribution in [1.82, 2.24) is 10.2 Å². The zero-order valence-electron chi connectivity index (χ0n) is 21.4. The standard InChI is InChI=1S/C27H38N2O5/c1-8-22(26(31)28-27(2,3)4)29(18-20-10-9-11-21(16-20)32-5)25(30)15-13-19-12-14-23(33-6)24(17-19)34-7/h9-12,14,16-17,22H,8,13,15,18H2,1-7H3,(H,28,31)/t22-/m1/s1. The summed E-state index contributed by atoms with van der Waals surface area (Å²) < 4.78 is 16.0. The van der Waals surface area contributed by atoms with Gasteiger partial charge >= 0.3 is 0 Å². The highest BCUT2D eigenvalue weighted by atomic mass is 16.5. The van der Waals surface area contributed by atoms with Crippen molar-refractivity contribution in [3.8, 4) is 17.2 Å². The molecular formula is C27H38N2O5. The van der Waals surface area contributed by atoms with E-state index in [0.29, 0.717) is 36.6 Å². The summed E-state index contributed by atoms with van der Waals surface area (Å²) >= 11 is 0. The fourth-order valence-electron chi connectivity index (χ4n) is 3.77. The first-order chi connectivity index (χ1) is 16.1. The van der Waals surface area contributed by atoms with Gasteiger partial charge in [-0.05, 0) is 69.0 Å². The second kappa shape index (κ2) is 12.3. The Hall–Kier alpha value is -3.22. The second-order valence-corrected chi connectivity index (χ2v) is 9.23. The van der Waals surface area contributed by atoms with Crippen molar-refractivity contribution in [3.05, 3.63) is 53.6 Å². The molecule has 2 rings (SSSR count). The van der Waals surface area contributed by atoms with E-state index in [2.05, 4.69) is 5.32 Å². The average molecular weight is 471 g/mol. The third-order valence-electron chi connectivity index (χ3n) is 5.45. The van der Waals surface area contributed by atoms with E-state index in [1.54, 1.807) is 26.2 Å². The summed E-state index contributed by atoms with van der Waals surface area (Å²) in [6.07, 6.45) is 1.29. The molecule has 0 bridgehead atoms. The number of hydrogen-bond donors (Lipinski definition) is 1. The van der Waals surface area contributed by atoms with E-state index in [1.165, 1.54) is 0 Å². The summed E-state index contributed by atoms with van der Waals surface area (Å²) in [6, 6.07) is 12.6. The molecule has 7 heteroatoms. The minimum Gasteiger partial charge on any atom is -0.497 e. The van der Waals surface area contributed by atoms with E-state index < -0.39 is 11.6 Å². The molecule has 0 spiro atoms. The third kappa shape index (κ3) is 7.68. The predicted octanol–water partition coefficient (Wildman–Crippen LogP) is 4.37. The van der Waals surface area contributed by atoms with Gasteiger partial charge in [0, 0.05) is 18.5 Å². The zero-order chi connectivity index (χ0) is 25.3. The molecule has 1 N–H and O–H groups in total. The van der Waals surface area contributed by atoms with Crippen LogP contribution in [0.1, 0.15) is 51.7 Å². The summed E-state index contributed by atoms with van der Waals surface area (Å²) in [5, 5.41) is 3.03. The average Bonchev–Trinajstić information content (AvgIpc) is 2.81. The lowest BCUT2D eigenvalue weighted by Crippen LogP contribution is -2.53. The van der Waals surface area contributed by atoms with Crippen molar-refractivity contribution in [2.45, 2.75) is 65.1 Å². The maximum Gasteiger partial charge on any atom is 0.243 e. The SMILES string of the molecule is CC[C@H](C(=O)NC(C)(C)C)N(Cc1cccc(OC)c1)C(=O)CCc1ccc(OC)c(OC)c1. The lowest BCUT2D eigenvalue weighted by Gasteiger charge is -2.33. The normalized spacial score (nSPS) is 12.0. The summed E-state index contributed by atoms with van der Waals surface area (Å²) in [6.45, 7) is 8.04. The molecule has 186 valence electrons. The summed E-state index contributed by atoms with van der Waals surface area (Å²) in [4.78, 5) is 28.3. The number of amides is 2. The van der Waals surface area contributed by atoms with E-state index in [9.17, 15) is 9.59 Å². The number of carbonyl (C=O) groups is 2. The van der Waals surface area contributed by atoms with Crippen molar-refractivity contribution in [1.29, 1.82) is 0 Å². The smallest absolute Gasteiger partial charge is 0.243 e. The third-order valence-corrected chi connectivity index (χ3v) is 5.45. The zero-order valence-corrected chi connectivity index (χ0v) is 21.4. The van der Waals surface area contributed by atoms with E-state index in [4.69, 9.17) is 14.2 Å². The number of methoxy groups -OCH3 is 3. The minimum absolute atomic E-state index is 0.0893. The van der Waals surface area contributed by atoms with Gasteiger partial charge in [-0.25, -0.2) is 0 Å². The predicted molar refractivity (Wildman–Crippen MR) is 133 cm³/mol. The number of benzene rings is 2. The van der Waals surface area contributed by atoms with Gasteiger partial charge in [0.1, 0.15) is 11.8 Å². The summed E-state index contributed by atoms with van der Waals surface area (Å²) in [7, 11) is 4.78. The highest BCUT2D eigenvalue weighted by Crippen LogP contribution is 2.28. The topological polar surface area (TPSA) is 77.1 Å². The van der Waals surface area contributed by atoms with Crippen LogP contribution < -0.4 is 19.5 Å². The first-order valence-corrected chi connectivity index (χ1v) is 11.6. The van der Waals surface area contributed by atoms with Crippen molar-refractivity contribution in [2.24, 2.45) is 0 Å². The molecule has 0 fully saturated rings. The molecule has 0 heterocycles. The van der Waals surface area contributed by atoms with Gasteiger partial charge in [-0.3, -0.25) is 9.59 Å². The molecule has 2 aromatic rings. The first-order valence-electron chi connectivity index (χ1n) is 11.6. The molecule has 0 unspecified atom stereocenters. The number of nitrogens with zero attached hydrogens (tertiary/aromatic N) is 1. The Kier molecular flexibility index (Phi) is 9.78. The van der Waals surface area contributed by atoms with Crippen LogP contribution in [-0.2, 0) is 22.6 Å². The number of ether oxygens (including phenoxy) is 3. The number of rotatable bonds is 11. The molecule has 0 aliphatic carbocycles. The monoisotopic (exact) mass is 470 g/mol. The lowest BCUT2D eigenvalue weighted by molar-refractivity contribution is -0.142. The van der Waals surface area contributed by atoms with Gasteiger partial charge < -0.3 is 24.4 Å². The van der Waals surface area contributed by atoms with Crippen LogP contribution in [0.4, 0.5) is 0 Å². The maximum absolute atomic E-state index is 13.5. The second-order valence-electron chi connectivity index (χ2n) is 9.23. The van der Waals surface area contributed by atoms with Crippen LogP contribution in [0.25, 0.3) is 0 Å². The fraction of sp³-hybridized carbons (Fsp3) is 0.481. The van der Waals surface area contributed by atoms with E-state index in [-0.39, 0.29) is 18.2 Å². The van der Waals surface area contributed by atoms with Crippen LogP contribution in [0.3, 0.4) is 0 Å². The summed E-state index contributed by atoms with van der Waals surface area (Å²) in [5.41, 5.74) is 1.47. The molecular weight excluding hydrogens is 432 g/mol. The van der Waals surface area contributed by atoms with Gasteiger partial charge in [0.05, 0.1) is 21.3 Å². The van der Waals surface area contributed by atoms with Gasteiger partial charge in [0.25, 0.3) is 0 Å². The Morgan fingerprint density at radius 3 is 2.24 bits per heavy atom. The van der Waals surface area contributed by atoms with Gasteiger partial charge in [-0.15, -0.1) is 0 Å². The maximum atomic E-state index is 13.5. The molecule has 2 aromatic carbocycles. The van der Waals surface area contributed by atoms with Gasteiger partial charge in [-0.2, -0.15) is 0 Å². The number of aryl methyl sites for hydroxylation is 1. The molecule has 0 saturated carbocycles. The fourth-order valence-corrected chi connectivity index (χ4v) is 3.77. The van der Waals surface area contributed by atoms with Crippen molar-refractivity contribution < 1.29 is 23.8 Å². The molecule has 1 atom stereocenters. The molecule has 0 saturated heterocycles. The van der Waals surface area contributed by atoms with E-state index in [0.717, 1.165) is 11.1 Å². The molecule has 34 heavy (non-hydrogen) atoms. The minimum atomic E-state index is -0.580. The van der Waals surface area contributed by atoms with Gasteiger partial charge in [0.2, 0.25) is 11.8 Å². The molecule has 0 radical (unpaired) electrons. The van der Waals surface area contributed by atoms with Crippen LogP contribution in [-0.4, -0.2) is 49.6 Å². The van der Waals surface area contributed by atoms with Crippen LogP contribution in [0.15, 0.2) is 42.5 Å². The van der Waals surface area contributed by atoms with Crippen LogP contribution in [0.2, 0.25) is 0 Å². The highest BCUT2D eigenvalue weighted by molar-refractivity contribution is 5.88. The lowest BCUT2D eigenvalue weighted by atomic mass is 10.0. The van der Waals surface area contributed by atoms with Crippen molar-refractivity contribution in [2.75, 3.05) is 21.3 Å². The Morgan fingerprint density at radius 2 is 1.65 bits per heavy atom. The van der Waals surface area contributed by atoms with E-state index >= 15 is 0 Å². The Bertz CT molecular complexity index is 968. The number of hydrogen-bond acceptors (Lipinski definition) is 5. The molecule has 0 aromatic heterocycles. The molecule has 0 aliphatic rings. The molecule has 0 aliphatic heterocycles. The van der Waals surface area contributed by atoms with Crippen LogP contribution in [0, 0.1) is 0 Å². The van der Waals surface area contributed by atoms with Gasteiger partial charge in [0.15, 0.2) is 11.5 Å². The van der Waals surface area contributed by atoms with Gasteiger partial charge in [-0.1, -0.05) is 25.1 Å². The Labute approximate surface area is 203 Å². The number of nitrogens with one attached hydrogen (secondary N) is 1. The van der Waals surface area contributed by atoms with Crippen molar-refractivity contribution in [3.63, 3.8) is 0 Å². The van der Waals surface area contributed by atoms with Crippen LogP contribution in [0.5, 0.6) is 17.2 Å². The first kappa shape index (κ1) is 27.0. The van der Waals surface area contributed by atoms with E-state index in [1.807, 2.05) is 70.2 Å². The quantitative estimate of drug-likeness (QED) is 0.528. The van der Waals surface area contributed by atoms with Crippen LogP contribution >= 0.6 is 0 Å². The molecule has 7 nitrogen and oxygen atoms in total.